The van der Waals surface area contributed by atoms with Gasteiger partial charge >= 0.3 is 0 Å². The largest absolute Gasteiger partial charge is 0.371 e. The lowest BCUT2D eigenvalue weighted by Crippen LogP contribution is -2.23. The Morgan fingerprint density at radius 1 is 0.737 bits per heavy atom. The first-order valence-electron chi connectivity index (χ1n) is 12.1. The lowest BCUT2D eigenvalue weighted by atomic mass is 9.97. The van der Waals surface area contributed by atoms with Crippen LogP contribution in [0.25, 0.3) is 22.1 Å². The number of aromatic amines is 1. The number of imidazole rings is 1. The summed E-state index contributed by atoms with van der Waals surface area (Å²) in [5, 5.41) is 16.9. The summed E-state index contributed by atoms with van der Waals surface area (Å²) in [5.74, 6) is 0.676. The van der Waals surface area contributed by atoms with Crippen LogP contribution in [-0.2, 0) is 0 Å². The third-order valence-corrected chi connectivity index (χ3v) is 7.15. The fourth-order valence-corrected chi connectivity index (χ4v) is 5.31. The Bertz CT molecular complexity index is 1790. The van der Waals surface area contributed by atoms with Gasteiger partial charge in [0.25, 0.3) is 0 Å². The number of aromatic nitrogens is 8. The van der Waals surface area contributed by atoms with Crippen LogP contribution in [0.1, 0.15) is 34.6 Å². The Morgan fingerprint density at radius 2 is 1.47 bits per heavy atom. The van der Waals surface area contributed by atoms with Crippen molar-refractivity contribution in [2.24, 2.45) is 0 Å². The molecule has 1 unspecified atom stereocenters. The highest BCUT2D eigenvalue weighted by Gasteiger charge is 2.28. The van der Waals surface area contributed by atoms with E-state index in [-0.39, 0.29) is 12.1 Å². The van der Waals surface area contributed by atoms with Crippen LogP contribution in [0.15, 0.2) is 103 Å². The van der Waals surface area contributed by atoms with Crippen LogP contribution < -0.4 is 5.32 Å². The zero-order valence-electron chi connectivity index (χ0n) is 20.0. The maximum absolute atomic E-state index is 4.57. The summed E-state index contributed by atoms with van der Waals surface area (Å²) in [7, 11) is 0. The topological polar surface area (TPSA) is 110 Å². The highest BCUT2D eigenvalue weighted by atomic mass is 32.1. The van der Waals surface area contributed by atoms with Gasteiger partial charge in [-0.2, -0.15) is 8.75 Å². The van der Waals surface area contributed by atoms with E-state index in [4.69, 9.17) is 0 Å². The van der Waals surface area contributed by atoms with Gasteiger partial charge in [-0.3, -0.25) is 0 Å². The maximum atomic E-state index is 4.57. The van der Waals surface area contributed by atoms with E-state index in [0.29, 0.717) is 5.82 Å². The van der Waals surface area contributed by atoms with E-state index < -0.39 is 0 Å². The second-order valence-corrected chi connectivity index (χ2v) is 9.46. The molecule has 0 bridgehead atoms. The number of fused-ring (bicyclic) bond motifs is 2. The first-order chi connectivity index (χ1) is 18.8. The molecule has 0 aliphatic carbocycles. The van der Waals surface area contributed by atoms with E-state index in [2.05, 4.69) is 69.9 Å². The van der Waals surface area contributed by atoms with E-state index in [1.165, 1.54) is 11.7 Å². The lowest BCUT2D eigenvalue weighted by Gasteiger charge is -2.24. The number of anilines is 1. The van der Waals surface area contributed by atoms with Gasteiger partial charge < -0.3 is 10.3 Å². The minimum absolute atomic E-state index is 0.216. The van der Waals surface area contributed by atoms with Gasteiger partial charge in [0, 0.05) is 5.69 Å². The zero-order chi connectivity index (χ0) is 25.3. The SMILES string of the molecule is c1ccc(C(c2ccccc2)n2nnnc2C(Nc2ccc3nc[nH]c3c2)c2ccc3nsnc3c2)cc1. The normalized spacial score (nSPS) is 12.3. The molecule has 7 rings (SSSR count). The average molecular weight is 516 g/mol. The summed E-state index contributed by atoms with van der Waals surface area (Å²) in [6.07, 6.45) is 1.69. The fourth-order valence-electron chi connectivity index (χ4n) is 4.79. The predicted octanol–water partition coefficient (Wildman–Crippen LogP) is 5.39. The van der Waals surface area contributed by atoms with Gasteiger partial charge in [0.1, 0.15) is 23.1 Å². The number of hydrogen-bond acceptors (Lipinski definition) is 8. The smallest absolute Gasteiger partial charge is 0.179 e. The Balaban J connectivity index is 1.39. The van der Waals surface area contributed by atoms with Crippen molar-refractivity contribution in [3.8, 4) is 0 Å². The highest BCUT2D eigenvalue weighted by Crippen LogP contribution is 2.33. The molecule has 184 valence electrons. The minimum Gasteiger partial charge on any atom is -0.371 e. The highest BCUT2D eigenvalue weighted by molar-refractivity contribution is 7.00. The number of tetrazole rings is 1. The molecule has 0 saturated heterocycles. The molecule has 2 N–H and O–H groups in total. The molecule has 1 atom stereocenters. The Kier molecular flexibility index (Phi) is 5.56. The van der Waals surface area contributed by atoms with E-state index >= 15 is 0 Å². The Morgan fingerprint density at radius 3 is 2.26 bits per heavy atom. The summed E-state index contributed by atoms with van der Waals surface area (Å²) in [5.41, 5.74) is 7.61. The molecule has 0 aliphatic heterocycles. The van der Waals surface area contributed by atoms with Crippen molar-refractivity contribution in [3.63, 3.8) is 0 Å². The van der Waals surface area contributed by atoms with Gasteiger partial charge in [0.05, 0.1) is 29.1 Å². The number of H-pyrrole nitrogens is 1. The molecule has 38 heavy (non-hydrogen) atoms. The first-order valence-corrected chi connectivity index (χ1v) is 12.9. The number of hydrogen-bond donors (Lipinski definition) is 2. The van der Waals surface area contributed by atoms with Crippen molar-refractivity contribution >= 4 is 39.5 Å². The number of rotatable bonds is 7. The van der Waals surface area contributed by atoms with Crippen LogP contribution in [-0.4, -0.2) is 38.9 Å². The van der Waals surface area contributed by atoms with Crippen molar-refractivity contribution in [2.45, 2.75) is 12.1 Å². The van der Waals surface area contributed by atoms with Crippen molar-refractivity contribution in [1.29, 1.82) is 0 Å². The summed E-state index contributed by atoms with van der Waals surface area (Å²) in [4.78, 5) is 7.53. The number of benzene rings is 4. The van der Waals surface area contributed by atoms with Crippen LogP contribution in [0, 0.1) is 0 Å². The molecule has 0 aliphatic rings. The second-order valence-electron chi connectivity index (χ2n) is 8.93. The van der Waals surface area contributed by atoms with Gasteiger partial charge in [-0.05, 0) is 57.4 Å². The zero-order valence-corrected chi connectivity index (χ0v) is 20.8. The van der Waals surface area contributed by atoms with Crippen LogP contribution in [0.2, 0.25) is 0 Å². The molecule has 3 aromatic heterocycles. The van der Waals surface area contributed by atoms with Crippen LogP contribution >= 0.6 is 11.7 Å². The molecule has 4 aromatic carbocycles. The summed E-state index contributed by atoms with van der Waals surface area (Å²) >= 11 is 1.20. The van der Waals surface area contributed by atoms with Crippen LogP contribution in [0.5, 0.6) is 0 Å². The molecular weight excluding hydrogens is 494 g/mol. The molecule has 0 radical (unpaired) electrons. The van der Waals surface area contributed by atoms with E-state index in [0.717, 1.165) is 44.4 Å². The molecule has 0 spiro atoms. The van der Waals surface area contributed by atoms with Gasteiger partial charge in [0.2, 0.25) is 0 Å². The van der Waals surface area contributed by atoms with E-state index in [1.807, 2.05) is 71.4 Å². The molecule has 0 saturated carbocycles. The number of nitrogens with zero attached hydrogens (tertiary/aromatic N) is 7. The molecule has 9 nitrogen and oxygen atoms in total. The molecular formula is C28H21N9S. The van der Waals surface area contributed by atoms with Gasteiger partial charge in [-0.25, -0.2) is 9.67 Å². The summed E-state index contributed by atoms with van der Waals surface area (Å²) in [6.45, 7) is 0. The fraction of sp³-hybridized carbons (Fsp3) is 0.0714. The lowest BCUT2D eigenvalue weighted by molar-refractivity contribution is 0.540. The van der Waals surface area contributed by atoms with Gasteiger partial charge in [0.15, 0.2) is 5.82 Å². The standard InChI is InChI=1S/C28H21N9S/c1-3-7-18(8-4-1)27(19-9-5-2-6-10-19)37-28(32-35-36-37)26(20-11-13-23-25(15-20)34-38-33-23)31-21-12-14-22-24(16-21)30-17-29-22/h1-17,26-27,31H,(H,29,30). The second kappa shape index (κ2) is 9.49. The van der Waals surface area contributed by atoms with Crippen LogP contribution in [0.4, 0.5) is 5.69 Å². The number of nitrogens with one attached hydrogen (secondary N) is 2. The van der Waals surface area contributed by atoms with Crippen molar-refractivity contribution < 1.29 is 0 Å². The Hall–Kier alpha value is -4.96. The molecule has 0 fully saturated rings. The molecule has 7 aromatic rings. The van der Waals surface area contributed by atoms with Gasteiger partial charge in [-0.1, -0.05) is 66.7 Å². The first kappa shape index (κ1) is 22.3. The van der Waals surface area contributed by atoms with Crippen molar-refractivity contribution in [2.75, 3.05) is 5.32 Å². The monoisotopic (exact) mass is 515 g/mol. The quantitative estimate of drug-likeness (QED) is 0.293. The van der Waals surface area contributed by atoms with Crippen LogP contribution in [0.3, 0.4) is 0 Å². The van der Waals surface area contributed by atoms with Crippen molar-refractivity contribution in [3.05, 3.63) is 126 Å². The van der Waals surface area contributed by atoms with E-state index in [9.17, 15) is 0 Å². The molecule has 10 heteroatoms. The summed E-state index contributed by atoms with van der Waals surface area (Å²) < 4.78 is 10.7. The third-order valence-electron chi connectivity index (χ3n) is 6.59. The van der Waals surface area contributed by atoms with Crippen molar-refractivity contribution in [1.82, 2.24) is 38.9 Å². The third kappa shape index (κ3) is 4.06. The summed E-state index contributed by atoms with van der Waals surface area (Å²) in [6, 6.07) is 32.1. The van der Waals surface area contributed by atoms with E-state index in [1.54, 1.807) is 6.33 Å². The molecule has 3 heterocycles. The van der Waals surface area contributed by atoms with Gasteiger partial charge in [-0.15, -0.1) is 5.10 Å². The minimum atomic E-state index is -0.369. The maximum Gasteiger partial charge on any atom is 0.179 e. The Labute approximate surface area is 221 Å². The molecule has 0 amide bonds. The average Bonchev–Trinajstić information content (AvgIpc) is 3.74. The predicted molar refractivity (Wildman–Crippen MR) is 147 cm³/mol.